The molecule has 120 valence electrons. The van der Waals surface area contributed by atoms with E-state index >= 15 is 0 Å². The van der Waals surface area contributed by atoms with Gasteiger partial charge < -0.3 is 5.11 Å². The minimum Gasteiger partial charge on any atom is -0.478 e. The monoisotopic (exact) mass is 324 g/mol. The van der Waals surface area contributed by atoms with E-state index in [-0.39, 0.29) is 30.2 Å². The molecule has 0 spiro atoms. The average Bonchev–Trinajstić information content (AvgIpc) is 2.82. The molecule has 2 aliphatic heterocycles. The average molecular weight is 324 g/mol. The molecular weight excluding hydrogens is 312 g/mol. The summed E-state index contributed by atoms with van der Waals surface area (Å²) >= 11 is 0. The molecule has 2 aromatic carbocycles. The van der Waals surface area contributed by atoms with E-state index in [2.05, 4.69) is 5.32 Å². The number of hydrogen-bond acceptors (Lipinski definition) is 4. The van der Waals surface area contributed by atoms with Crippen LogP contribution in [0.15, 0.2) is 30.3 Å². The van der Waals surface area contributed by atoms with E-state index < -0.39 is 17.9 Å². The molecule has 2 heterocycles. The van der Waals surface area contributed by atoms with Crippen molar-refractivity contribution >= 4 is 40.2 Å². The topological polar surface area (TPSA) is 104 Å². The Balaban J connectivity index is 1.90. The van der Waals surface area contributed by atoms with Gasteiger partial charge in [0.05, 0.1) is 11.3 Å². The summed E-state index contributed by atoms with van der Waals surface area (Å²) in [6, 6.07) is 7.09. The van der Waals surface area contributed by atoms with Crippen LogP contribution < -0.4 is 10.2 Å². The molecule has 2 aromatic rings. The summed E-state index contributed by atoms with van der Waals surface area (Å²) in [6.07, 6.45) is 0.402. The van der Waals surface area contributed by atoms with Gasteiger partial charge in [0.15, 0.2) is 0 Å². The molecule has 1 atom stereocenters. The van der Waals surface area contributed by atoms with E-state index in [1.807, 2.05) is 0 Å². The number of benzene rings is 2. The van der Waals surface area contributed by atoms with Gasteiger partial charge >= 0.3 is 5.97 Å². The third-order valence-electron chi connectivity index (χ3n) is 4.48. The van der Waals surface area contributed by atoms with Gasteiger partial charge in [-0.1, -0.05) is 12.1 Å². The third kappa shape index (κ3) is 1.84. The van der Waals surface area contributed by atoms with Gasteiger partial charge in [0.1, 0.15) is 6.04 Å². The number of anilines is 1. The number of nitrogens with zero attached hydrogens (tertiary/aromatic N) is 1. The lowest BCUT2D eigenvalue weighted by Gasteiger charge is -2.30. The standard InChI is InChI=1S/C17H12N2O5/c20-13-7-6-12(15(21)18-13)19-11-5-4-9(17(23)24)8-2-1-3-10(14(8)11)16(19)22/h1-5,12H,6-7H2,(H,23,24)(H,18,20,21). The number of carboxylic acid groups (broad SMARTS) is 1. The first-order valence-electron chi connectivity index (χ1n) is 7.45. The number of imide groups is 1. The van der Waals surface area contributed by atoms with Crippen molar-refractivity contribution in [3.8, 4) is 0 Å². The Morgan fingerprint density at radius 1 is 1.17 bits per heavy atom. The van der Waals surface area contributed by atoms with Crippen molar-refractivity contribution in [1.29, 1.82) is 0 Å². The Morgan fingerprint density at radius 3 is 2.67 bits per heavy atom. The number of hydrogen-bond donors (Lipinski definition) is 2. The first-order chi connectivity index (χ1) is 11.5. The number of nitrogens with one attached hydrogen (secondary N) is 1. The first-order valence-corrected chi connectivity index (χ1v) is 7.45. The summed E-state index contributed by atoms with van der Waals surface area (Å²) in [4.78, 5) is 49.1. The van der Waals surface area contributed by atoms with Crippen molar-refractivity contribution in [2.75, 3.05) is 4.90 Å². The Hall–Kier alpha value is -3.22. The number of aromatic carboxylic acids is 1. The fraction of sp³-hybridized carbons (Fsp3) is 0.176. The Kier molecular flexibility index (Phi) is 2.93. The minimum absolute atomic E-state index is 0.105. The van der Waals surface area contributed by atoms with Gasteiger partial charge in [-0.15, -0.1) is 0 Å². The third-order valence-corrected chi connectivity index (χ3v) is 4.48. The van der Waals surface area contributed by atoms with E-state index in [0.717, 1.165) is 0 Å². The van der Waals surface area contributed by atoms with Crippen molar-refractivity contribution in [3.05, 3.63) is 41.5 Å². The van der Waals surface area contributed by atoms with Crippen LogP contribution in [0.4, 0.5) is 5.69 Å². The molecule has 2 N–H and O–H groups in total. The Bertz CT molecular complexity index is 949. The maximum absolute atomic E-state index is 12.8. The van der Waals surface area contributed by atoms with E-state index in [9.17, 15) is 24.3 Å². The van der Waals surface area contributed by atoms with Crippen LogP contribution in [-0.2, 0) is 9.59 Å². The number of carboxylic acids is 1. The maximum Gasteiger partial charge on any atom is 0.336 e. The predicted molar refractivity (Wildman–Crippen MR) is 83.9 cm³/mol. The largest absolute Gasteiger partial charge is 0.478 e. The van der Waals surface area contributed by atoms with Crippen LogP contribution in [0.2, 0.25) is 0 Å². The summed E-state index contributed by atoms with van der Waals surface area (Å²) in [6.45, 7) is 0. The fourth-order valence-corrected chi connectivity index (χ4v) is 3.43. The molecule has 24 heavy (non-hydrogen) atoms. The molecule has 4 rings (SSSR count). The van der Waals surface area contributed by atoms with Gasteiger partial charge in [0.2, 0.25) is 11.8 Å². The molecule has 0 saturated carbocycles. The van der Waals surface area contributed by atoms with Crippen LogP contribution in [0.3, 0.4) is 0 Å². The lowest BCUT2D eigenvalue weighted by atomic mass is 10.0. The summed E-state index contributed by atoms with van der Waals surface area (Å²) in [5, 5.41) is 12.6. The van der Waals surface area contributed by atoms with Crippen LogP contribution in [0.25, 0.3) is 10.8 Å². The van der Waals surface area contributed by atoms with Crippen molar-refractivity contribution in [3.63, 3.8) is 0 Å². The van der Waals surface area contributed by atoms with Crippen LogP contribution in [0, 0.1) is 0 Å². The van der Waals surface area contributed by atoms with Gasteiger partial charge in [-0.25, -0.2) is 4.79 Å². The Labute approximate surface area is 135 Å². The quantitative estimate of drug-likeness (QED) is 0.811. The highest BCUT2D eigenvalue weighted by atomic mass is 16.4. The second-order valence-corrected chi connectivity index (χ2v) is 5.81. The number of amides is 3. The molecular formula is C17H12N2O5. The van der Waals surface area contributed by atoms with E-state index in [1.165, 1.54) is 11.0 Å². The SMILES string of the molecule is O=C1CCC(N2C(=O)c3cccc4c(C(=O)O)ccc2c34)C(=O)N1. The molecule has 1 fully saturated rings. The van der Waals surface area contributed by atoms with E-state index in [4.69, 9.17) is 0 Å². The summed E-state index contributed by atoms with van der Waals surface area (Å²) < 4.78 is 0. The van der Waals surface area contributed by atoms with Gasteiger partial charge in [-0.2, -0.15) is 0 Å². The zero-order valence-electron chi connectivity index (χ0n) is 12.4. The highest BCUT2D eigenvalue weighted by molar-refractivity contribution is 6.28. The molecule has 3 amide bonds. The van der Waals surface area contributed by atoms with Crippen LogP contribution >= 0.6 is 0 Å². The lowest BCUT2D eigenvalue weighted by molar-refractivity contribution is -0.134. The van der Waals surface area contributed by atoms with E-state index in [0.29, 0.717) is 22.0 Å². The molecule has 1 saturated heterocycles. The number of carbonyl (C=O) groups is 4. The normalized spacial score (nSPS) is 19.8. The highest BCUT2D eigenvalue weighted by Crippen LogP contribution is 2.40. The smallest absolute Gasteiger partial charge is 0.336 e. The Morgan fingerprint density at radius 2 is 1.96 bits per heavy atom. The molecule has 0 aliphatic carbocycles. The van der Waals surface area contributed by atoms with Crippen LogP contribution in [0.1, 0.15) is 33.6 Å². The lowest BCUT2D eigenvalue weighted by Crippen LogP contribution is -2.53. The van der Waals surface area contributed by atoms with Gasteiger partial charge in [-0.05, 0) is 30.0 Å². The summed E-state index contributed by atoms with van der Waals surface area (Å²) in [5.41, 5.74) is 0.980. The highest BCUT2D eigenvalue weighted by Gasteiger charge is 2.41. The fourth-order valence-electron chi connectivity index (χ4n) is 3.43. The molecule has 0 aromatic heterocycles. The first kappa shape index (κ1) is 14.4. The molecule has 1 unspecified atom stereocenters. The summed E-state index contributed by atoms with van der Waals surface area (Å²) in [7, 11) is 0. The van der Waals surface area contributed by atoms with Gasteiger partial charge in [0.25, 0.3) is 5.91 Å². The molecule has 0 radical (unpaired) electrons. The summed E-state index contributed by atoms with van der Waals surface area (Å²) in [5.74, 6) is -2.30. The molecule has 7 nitrogen and oxygen atoms in total. The molecule has 7 heteroatoms. The van der Waals surface area contributed by atoms with Crippen LogP contribution in [0.5, 0.6) is 0 Å². The number of piperidine rings is 1. The molecule has 0 bridgehead atoms. The van der Waals surface area contributed by atoms with Crippen molar-refractivity contribution < 1.29 is 24.3 Å². The van der Waals surface area contributed by atoms with Crippen molar-refractivity contribution in [1.82, 2.24) is 5.32 Å². The maximum atomic E-state index is 12.8. The van der Waals surface area contributed by atoms with Crippen molar-refractivity contribution in [2.24, 2.45) is 0 Å². The van der Waals surface area contributed by atoms with Crippen LogP contribution in [-0.4, -0.2) is 34.8 Å². The zero-order chi connectivity index (χ0) is 17.0. The van der Waals surface area contributed by atoms with Gasteiger partial charge in [0, 0.05) is 17.4 Å². The molecule has 2 aliphatic rings. The van der Waals surface area contributed by atoms with Crippen molar-refractivity contribution in [2.45, 2.75) is 18.9 Å². The predicted octanol–water partition coefficient (Wildman–Crippen LogP) is 1.30. The van der Waals surface area contributed by atoms with Gasteiger partial charge in [-0.3, -0.25) is 24.6 Å². The second-order valence-electron chi connectivity index (χ2n) is 5.81. The van der Waals surface area contributed by atoms with E-state index in [1.54, 1.807) is 24.3 Å². The zero-order valence-corrected chi connectivity index (χ0v) is 12.4. The number of rotatable bonds is 2. The number of carbonyl (C=O) groups excluding carboxylic acids is 3. The minimum atomic E-state index is -1.08. The second kappa shape index (κ2) is 4.89.